The molecule has 0 amide bonds. The number of carbonyl (C=O) groups excluding carboxylic acids is 1. The van der Waals surface area contributed by atoms with Crippen LogP contribution in [0.2, 0.25) is 0 Å². The fourth-order valence-electron chi connectivity index (χ4n) is 1.90. The molecule has 1 aromatic carbocycles. The van der Waals surface area contributed by atoms with E-state index in [2.05, 4.69) is 4.98 Å². The average molecular weight is 290 g/mol. The third-order valence-electron chi connectivity index (χ3n) is 3.08. The number of benzene rings is 1. The third-order valence-corrected chi connectivity index (χ3v) is 4.13. The summed E-state index contributed by atoms with van der Waals surface area (Å²) in [4.78, 5) is 17.2. The minimum Gasteiger partial charge on any atom is -0.469 e. The summed E-state index contributed by atoms with van der Waals surface area (Å²) in [5.74, 6) is -0.221. The number of nitrogen functional groups attached to an aromatic ring is 1. The van der Waals surface area contributed by atoms with E-state index in [4.69, 9.17) is 10.5 Å². The first kappa shape index (κ1) is 14.5. The van der Waals surface area contributed by atoms with Crippen LogP contribution in [0.5, 0.6) is 0 Å². The summed E-state index contributed by atoms with van der Waals surface area (Å²) in [6.45, 7) is 3.73. The fourth-order valence-corrected chi connectivity index (χ4v) is 3.05. The Morgan fingerprint density at radius 2 is 2.00 bits per heavy atom. The normalized spacial score (nSPS) is 11.3. The molecule has 5 heteroatoms. The Balaban J connectivity index is 2.17. The van der Waals surface area contributed by atoms with Crippen molar-refractivity contribution in [2.24, 2.45) is 5.41 Å². The zero-order valence-corrected chi connectivity index (χ0v) is 12.7. The van der Waals surface area contributed by atoms with Gasteiger partial charge in [-0.3, -0.25) is 4.79 Å². The summed E-state index contributed by atoms with van der Waals surface area (Å²) >= 11 is 1.59. The van der Waals surface area contributed by atoms with Crippen molar-refractivity contribution >= 4 is 23.0 Å². The first-order valence-electron chi connectivity index (χ1n) is 6.31. The summed E-state index contributed by atoms with van der Waals surface area (Å²) in [7, 11) is 1.41. The van der Waals surface area contributed by atoms with E-state index in [0.29, 0.717) is 6.42 Å². The van der Waals surface area contributed by atoms with Crippen LogP contribution in [-0.4, -0.2) is 18.1 Å². The van der Waals surface area contributed by atoms with Crippen molar-refractivity contribution in [2.75, 3.05) is 12.8 Å². The van der Waals surface area contributed by atoms with E-state index in [-0.39, 0.29) is 5.97 Å². The molecule has 0 aliphatic carbocycles. The van der Waals surface area contributed by atoms with Gasteiger partial charge in [0.1, 0.15) is 0 Å². The SMILES string of the molecule is COC(=O)C(C)(C)Cc1ncc(-c2ccc(N)cc2)s1. The predicted octanol–water partition coefficient (Wildman–Crippen LogP) is 3.13. The summed E-state index contributed by atoms with van der Waals surface area (Å²) in [6.07, 6.45) is 2.40. The molecule has 0 saturated heterocycles. The Bertz CT molecular complexity index is 603. The van der Waals surface area contributed by atoms with Crippen molar-refractivity contribution in [3.8, 4) is 10.4 Å². The monoisotopic (exact) mass is 290 g/mol. The number of carbonyl (C=O) groups is 1. The Labute approximate surface area is 122 Å². The number of methoxy groups -OCH3 is 1. The molecule has 2 N–H and O–H groups in total. The predicted molar refractivity (Wildman–Crippen MR) is 81.5 cm³/mol. The number of thiazole rings is 1. The summed E-state index contributed by atoms with van der Waals surface area (Å²) in [5.41, 5.74) is 6.94. The van der Waals surface area contributed by atoms with Gasteiger partial charge >= 0.3 is 5.97 Å². The molecule has 0 unspecified atom stereocenters. The summed E-state index contributed by atoms with van der Waals surface area (Å²) < 4.78 is 4.82. The molecular formula is C15H18N2O2S. The van der Waals surface area contributed by atoms with Gasteiger partial charge in [0, 0.05) is 18.3 Å². The topological polar surface area (TPSA) is 65.2 Å². The maximum absolute atomic E-state index is 11.7. The van der Waals surface area contributed by atoms with E-state index in [1.165, 1.54) is 7.11 Å². The van der Waals surface area contributed by atoms with Crippen molar-refractivity contribution in [3.05, 3.63) is 35.5 Å². The van der Waals surface area contributed by atoms with Gasteiger partial charge < -0.3 is 10.5 Å². The molecule has 2 aromatic rings. The van der Waals surface area contributed by atoms with Gasteiger partial charge in [0.15, 0.2) is 0 Å². The molecule has 0 fully saturated rings. The van der Waals surface area contributed by atoms with Crippen LogP contribution in [-0.2, 0) is 16.0 Å². The minimum absolute atomic E-state index is 0.221. The molecule has 0 radical (unpaired) electrons. The van der Waals surface area contributed by atoms with Gasteiger partial charge in [0.2, 0.25) is 0 Å². The van der Waals surface area contributed by atoms with Crippen LogP contribution in [0.4, 0.5) is 5.69 Å². The Morgan fingerprint density at radius 3 is 2.60 bits per heavy atom. The van der Waals surface area contributed by atoms with Crippen LogP contribution in [0.1, 0.15) is 18.9 Å². The van der Waals surface area contributed by atoms with Crippen LogP contribution >= 0.6 is 11.3 Å². The lowest BCUT2D eigenvalue weighted by Gasteiger charge is -2.19. The van der Waals surface area contributed by atoms with E-state index >= 15 is 0 Å². The van der Waals surface area contributed by atoms with Crippen molar-refractivity contribution in [1.82, 2.24) is 4.98 Å². The molecule has 20 heavy (non-hydrogen) atoms. The number of nitrogens with two attached hydrogens (primary N) is 1. The van der Waals surface area contributed by atoms with Crippen molar-refractivity contribution < 1.29 is 9.53 Å². The molecule has 0 bridgehead atoms. The molecule has 4 nitrogen and oxygen atoms in total. The van der Waals surface area contributed by atoms with Gasteiger partial charge in [-0.05, 0) is 31.5 Å². The maximum atomic E-state index is 11.7. The van der Waals surface area contributed by atoms with Crippen LogP contribution in [0.15, 0.2) is 30.5 Å². The third kappa shape index (κ3) is 3.17. The Morgan fingerprint density at radius 1 is 1.35 bits per heavy atom. The van der Waals surface area contributed by atoms with Gasteiger partial charge in [0.05, 0.1) is 22.4 Å². The molecule has 0 aliphatic rings. The largest absolute Gasteiger partial charge is 0.469 e. The first-order valence-corrected chi connectivity index (χ1v) is 7.13. The zero-order chi connectivity index (χ0) is 14.8. The standard InChI is InChI=1S/C15H18N2O2S/c1-15(2,14(18)19-3)8-13-17-9-12(20-13)10-4-6-11(16)7-5-10/h4-7,9H,8,16H2,1-3H3. The van der Waals surface area contributed by atoms with Crippen LogP contribution in [0.3, 0.4) is 0 Å². The smallest absolute Gasteiger partial charge is 0.311 e. The fraction of sp³-hybridized carbons (Fsp3) is 0.333. The van der Waals surface area contributed by atoms with Gasteiger partial charge in [-0.25, -0.2) is 4.98 Å². The highest BCUT2D eigenvalue weighted by molar-refractivity contribution is 7.15. The number of ether oxygens (including phenoxy) is 1. The quantitative estimate of drug-likeness (QED) is 0.694. The average Bonchev–Trinajstić information content (AvgIpc) is 2.86. The first-order chi connectivity index (χ1) is 9.42. The number of anilines is 1. The van der Waals surface area contributed by atoms with Crippen molar-refractivity contribution in [3.63, 3.8) is 0 Å². The molecule has 0 aliphatic heterocycles. The van der Waals surface area contributed by atoms with Crippen molar-refractivity contribution in [1.29, 1.82) is 0 Å². The zero-order valence-electron chi connectivity index (χ0n) is 11.8. The van der Waals surface area contributed by atoms with Gasteiger partial charge in [-0.15, -0.1) is 11.3 Å². The number of hydrogen-bond donors (Lipinski definition) is 1. The number of nitrogens with zero attached hydrogens (tertiary/aromatic N) is 1. The summed E-state index contributed by atoms with van der Waals surface area (Å²) in [6, 6.07) is 7.68. The van der Waals surface area contributed by atoms with E-state index in [1.54, 1.807) is 11.3 Å². The second kappa shape index (κ2) is 5.63. The van der Waals surface area contributed by atoms with Gasteiger partial charge in [-0.2, -0.15) is 0 Å². The molecule has 0 saturated carbocycles. The number of aromatic nitrogens is 1. The second-order valence-electron chi connectivity index (χ2n) is 5.29. The number of rotatable bonds is 4. The lowest BCUT2D eigenvalue weighted by atomic mass is 9.90. The lowest BCUT2D eigenvalue weighted by Crippen LogP contribution is -2.27. The number of hydrogen-bond acceptors (Lipinski definition) is 5. The molecule has 106 valence electrons. The molecule has 0 spiro atoms. The van der Waals surface area contributed by atoms with E-state index in [9.17, 15) is 4.79 Å². The highest BCUT2D eigenvalue weighted by atomic mass is 32.1. The van der Waals surface area contributed by atoms with Gasteiger partial charge in [0.25, 0.3) is 0 Å². The highest BCUT2D eigenvalue weighted by Crippen LogP contribution is 2.31. The van der Waals surface area contributed by atoms with Crippen molar-refractivity contribution in [2.45, 2.75) is 20.3 Å². The molecule has 0 atom stereocenters. The second-order valence-corrected chi connectivity index (χ2v) is 6.41. The van der Waals surface area contributed by atoms with E-state index in [1.807, 2.05) is 44.3 Å². The minimum atomic E-state index is -0.564. The maximum Gasteiger partial charge on any atom is 0.311 e. The van der Waals surface area contributed by atoms with Crippen LogP contribution < -0.4 is 5.73 Å². The molecular weight excluding hydrogens is 272 g/mol. The van der Waals surface area contributed by atoms with Crippen LogP contribution in [0, 0.1) is 5.41 Å². The highest BCUT2D eigenvalue weighted by Gasteiger charge is 2.30. The summed E-state index contributed by atoms with van der Waals surface area (Å²) in [5, 5.41) is 0.923. The molecule has 1 heterocycles. The molecule has 1 aromatic heterocycles. The Kier molecular flexibility index (Phi) is 4.09. The lowest BCUT2D eigenvalue weighted by molar-refractivity contribution is -0.150. The van der Waals surface area contributed by atoms with Crippen LogP contribution in [0.25, 0.3) is 10.4 Å². The Hall–Kier alpha value is -1.88. The number of esters is 1. The molecule has 2 rings (SSSR count). The van der Waals surface area contributed by atoms with E-state index in [0.717, 1.165) is 21.1 Å². The van der Waals surface area contributed by atoms with Gasteiger partial charge in [-0.1, -0.05) is 12.1 Å². The van der Waals surface area contributed by atoms with E-state index < -0.39 is 5.41 Å².